The molecule has 21 heavy (non-hydrogen) atoms. The molecule has 106 valence electrons. The summed E-state index contributed by atoms with van der Waals surface area (Å²) < 4.78 is 2.68. The molecule has 3 rings (SSSR count). The summed E-state index contributed by atoms with van der Waals surface area (Å²) in [6.07, 6.45) is 1.87. The van der Waals surface area contributed by atoms with E-state index in [4.69, 9.17) is 0 Å². The van der Waals surface area contributed by atoms with E-state index in [0.29, 0.717) is 12.1 Å². The van der Waals surface area contributed by atoms with Crippen LogP contribution in [-0.4, -0.2) is 26.4 Å². The van der Waals surface area contributed by atoms with E-state index in [1.165, 1.54) is 0 Å². The van der Waals surface area contributed by atoms with Crippen molar-refractivity contribution in [1.29, 1.82) is 0 Å². The zero-order valence-corrected chi connectivity index (χ0v) is 12.5. The molecule has 0 bridgehead atoms. The molecule has 5 nitrogen and oxygen atoms in total. The summed E-state index contributed by atoms with van der Waals surface area (Å²) in [6.45, 7) is 2.42. The fraction of sp³-hybridized carbons (Fsp3) is 0.200. The number of anilines is 1. The lowest BCUT2D eigenvalue weighted by molar-refractivity contribution is 0.480. The van der Waals surface area contributed by atoms with Gasteiger partial charge in [-0.2, -0.15) is 5.10 Å². The molecule has 0 fully saturated rings. The van der Waals surface area contributed by atoms with Crippen LogP contribution in [0, 0.1) is 18.8 Å². The predicted molar refractivity (Wildman–Crippen MR) is 84.6 cm³/mol. The Morgan fingerprint density at radius 3 is 3.05 bits per heavy atom. The van der Waals surface area contributed by atoms with Gasteiger partial charge in [0.1, 0.15) is 17.1 Å². The van der Waals surface area contributed by atoms with Crippen LogP contribution in [0.3, 0.4) is 0 Å². The van der Waals surface area contributed by atoms with Gasteiger partial charge in [0, 0.05) is 24.9 Å². The molecule has 0 unspecified atom stereocenters. The maximum absolute atomic E-state index is 9.95. The van der Waals surface area contributed by atoms with Gasteiger partial charge in [-0.15, -0.1) is 11.3 Å². The third kappa shape index (κ3) is 2.98. The van der Waals surface area contributed by atoms with Crippen LogP contribution >= 0.6 is 11.3 Å². The number of benzene rings is 1. The lowest BCUT2D eigenvalue weighted by atomic mass is 10.2. The summed E-state index contributed by atoms with van der Waals surface area (Å²) in [4.78, 5) is 4.29. The van der Waals surface area contributed by atoms with Crippen LogP contribution in [0.15, 0.2) is 24.4 Å². The van der Waals surface area contributed by atoms with E-state index in [-0.39, 0.29) is 5.75 Å². The molecule has 0 radical (unpaired) electrons. The summed E-state index contributed by atoms with van der Waals surface area (Å²) in [5, 5.41) is 18.2. The number of hydrogen-bond acceptors (Lipinski definition) is 5. The minimum atomic E-state index is 0.179. The first-order chi connectivity index (χ1) is 10.1. The molecule has 6 heteroatoms. The number of rotatable bonds is 2. The molecule has 0 aliphatic rings. The highest BCUT2D eigenvalue weighted by atomic mass is 32.1. The predicted octanol–water partition coefficient (Wildman–Crippen LogP) is 2.51. The van der Waals surface area contributed by atoms with Gasteiger partial charge in [-0.3, -0.25) is 4.68 Å². The molecule has 0 saturated heterocycles. The molecule has 1 aromatic carbocycles. The highest BCUT2D eigenvalue weighted by molar-refractivity contribution is 7.18. The van der Waals surface area contributed by atoms with Gasteiger partial charge in [0.2, 0.25) is 0 Å². The number of phenols is 1. The first kappa shape index (κ1) is 13.5. The Morgan fingerprint density at radius 1 is 1.43 bits per heavy atom. The Kier molecular flexibility index (Phi) is 3.50. The fourth-order valence-electron chi connectivity index (χ4n) is 1.99. The number of fused-ring (bicyclic) bond motifs is 1. The zero-order valence-electron chi connectivity index (χ0n) is 11.7. The summed E-state index contributed by atoms with van der Waals surface area (Å²) >= 11 is 1.55. The van der Waals surface area contributed by atoms with Crippen molar-refractivity contribution >= 4 is 27.4 Å². The Balaban J connectivity index is 1.74. The Labute approximate surface area is 126 Å². The van der Waals surface area contributed by atoms with E-state index in [0.717, 1.165) is 21.1 Å². The van der Waals surface area contributed by atoms with Gasteiger partial charge in [0.05, 0.1) is 16.3 Å². The highest BCUT2D eigenvalue weighted by Gasteiger charge is 2.06. The van der Waals surface area contributed by atoms with Crippen LogP contribution in [0.1, 0.15) is 10.6 Å². The zero-order chi connectivity index (χ0) is 14.8. The van der Waals surface area contributed by atoms with Crippen LogP contribution < -0.4 is 5.32 Å². The maximum atomic E-state index is 9.95. The van der Waals surface area contributed by atoms with Crippen molar-refractivity contribution in [2.24, 2.45) is 7.05 Å². The highest BCUT2D eigenvalue weighted by Crippen LogP contribution is 2.29. The van der Waals surface area contributed by atoms with Gasteiger partial charge in [0.25, 0.3) is 0 Å². The molecule has 2 aromatic heterocycles. The monoisotopic (exact) mass is 298 g/mol. The van der Waals surface area contributed by atoms with E-state index < -0.39 is 0 Å². The SMILES string of the molecule is Cc1nc2c(O)cc(C#CCNc3ccn(C)n3)cc2s1. The van der Waals surface area contributed by atoms with E-state index >= 15 is 0 Å². The van der Waals surface area contributed by atoms with Gasteiger partial charge in [-0.05, 0) is 19.1 Å². The number of aryl methyl sites for hydroxylation is 2. The summed E-state index contributed by atoms with van der Waals surface area (Å²) in [5.41, 5.74) is 1.43. The van der Waals surface area contributed by atoms with Crippen molar-refractivity contribution in [2.75, 3.05) is 11.9 Å². The average molecular weight is 298 g/mol. The molecular formula is C15H14N4OS. The van der Waals surface area contributed by atoms with Crippen molar-refractivity contribution in [3.8, 4) is 17.6 Å². The summed E-state index contributed by atoms with van der Waals surface area (Å²) in [5.74, 6) is 7.03. The third-order valence-corrected chi connectivity index (χ3v) is 3.80. The topological polar surface area (TPSA) is 63.0 Å². The normalized spacial score (nSPS) is 10.4. The van der Waals surface area contributed by atoms with Crippen molar-refractivity contribution in [2.45, 2.75) is 6.92 Å². The Bertz CT molecular complexity index is 854. The number of aromatic nitrogens is 3. The van der Waals surface area contributed by atoms with Crippen LogP contribution in [0.2, 0.25) is 0 Å². The van der Waals surface area contributed by atoms with Crippen molar-refractivity contribution in [1.82, 2.24) is 14.8 Å². The molecule has 0 aliphatic carbocycles. The molecule has 3 aromatic rings. The molecular weight excluding hydrogens is 284 g/mol. The lowest BCUT2D eigenvalue weighted by Gasteiger charge is -1.96. The molecule has 0 aliphatic heterocycles. The van der Waals surface area contributed by atoms with Crippen LogP contribution in [0.25, 0.3) is 10.2 Å². The van der Waals surface area contributed by atoms with Gasteiger partial charge >= 0.3 is 0 Å². The number of hydrogen-bond donors (Lipinski definition) is 2. The maximum Gasteiger partial charge on any atom is 0.148 e. The van der Waals surface area contributed by atoms with Crippen LogP contribution in [-0.2, 0) is 7.05 Å². The lowest BCUT2D eigenvalue weighted by Crippen LogP contribution is -2.00. The molecule has 0 saturated carbocycles. The largest absolute Gasteiger partial charge is 0.506 e. The molecule has 0 amide bonds. The Hall–Kier alpha value is -2.52. The number of thiazole rings is 1. The second-order valence-corrected chi connectivity index (χ2v) is 5.84. The first-order valence-electron chi connectivity index (χ1n) is 6.44. The molecule has 2 heterocycles. The first-order valence-corrected chi connectivity index (χ1v) is 7.26. The van der Waals surface area contributed by atoms with Crippen LogP contribution in [0.5, 0.6) is 5.75 Å². The van der Waals surface area contributed by atoms with Crippen LogP contribution in [0.4, 0.5) is 5.82 Å². The number of nitrogens with one attached hydrogen (secondary N) is 1. The van der Waals surface area contributed by atoms with Crippen molar-refractivity contribution in [3.05, 3.63) is 35.0 Å². The standard InChI is InChI=1S/C15H14N4OS/c1-10-17-15-12(20)8-11(9-13(15)21-10)4-3-6-16-14-5-7-19(2)18-14/h5,7-9,20H,6H2,1-2H3,(H,16,18). The van der Waals surface area contributed by atoms with Gasteiger partial charge < -0.3 is 10.4 Å². The molecule has 2 N–H and O–H groups in total. The minimum absolute atomic E-state index is 0.179. The van der Waals surface area contributed by atoms with E-state index in [2.05, 4.69) is 27.2 Å². The second kappa shape index (κ2) is 5.46. The fourth-order valence-corrected chi connectivity index (χ4v) is 2.87. The van der Waals surface area contributed by atoms with E-state index in [1.807, 2.05) is 32.3 Å². The minimum Gasteiger partial charge on any atom is -0.506 e. The van der Waals surface area contributed by atoms with Crippen molar-refractivity contribution < 1.29 is 5.11 Å². The summed E-state index contributed by atoms with van der Waals surface area (Å²) in [6, 6.07) is 5.49. The van der Waals surface area contributed by atoms with Crippen molar-refractivity contribution in [3.63, 3.8) is 0 Å². The summed E-state index contributed by atoms with van der Waals surface area (Å²) in [7, 11) is 1.87. The second-order valence-electron chi connectivity index (χ2n) is 4.60. The smallest absolute Gasteiger partial charge is 0.148 e. The number of nitrogens with zero attached hydrogens (tertiary/aromatic N) is 3. The number of aromatic hydroxyl groups is 1. The van der Waals surface area contributed by atoms with Gasteiger partial charge in [0.15, 0.2) is 0 Å². The quantitative estimate of drug-likeness (QED) is 0.714. The molecule has 0 spiro atoms. The van der Waals surface area contributed by atoms with Gasteiger partial charge in [-0.25, -0.2) is 4.98 Å². The number of phenolic OH excluding ortho intramolecular Hbond substituents is 1. The van der Waals surface area contributed by atoms with E-state index in [1.54, 1.807) is 22.1 Å². The average Bonchev–Trinajstić information content (AvgIpc) is 3.00. The van der Waals surface area contributed by atoms with E-state index in [9.17, 15) is 5.11 Å². The Morgan fingerprint density at radius 2 is 2.29 bits per heavy atom. The molecule has 0 atom stereocenters. The van der Waals surface area contributed by atoms with Gasteiger partial charge in [-0.1, -0.05) is 11.8 Å². The third-order valence-electron chi connectivity index (χ3n) is 2.89.